The molecule has 2 heteroatoms. The molecule has 72 valence electrons. The minimum Gasteiger partial charge on any atom is -0.270 e. The summed E-state index contributed by atoms with van der Waals surface area (Å²) in [4.78, 5) is 8.62. The van der Waals surface area contributed by atoms with Crippen LogP contribution in [0.3, 0.4) is 0 Å². The summed E-state index contributed by atoms with van der Waals surface area (Å²) >= 11 is 0. The Bertz CT molecular complexity index is 186. The minimum atomic E-state index is 0.551. The van der Waals surface area contributed by atoms with Crippen molar-refractivity contribution >= 4 is 12.6 Å². The average molecular weight is 178 g/mol. The summed E-state index contributed by atoms with van der Waals surface area (Å²) in [5.74, 6) is 0.642. The summed E-state index contributed by atoms with van der Waals surface area (Å²) in [6.07, 6.45) is 13.4. The summed E-state index contributed by atoms with van der Waals surface area (Å²) in [6.45, 7) is 0. The van der Waals surface area contributed by atoms with Crippen LogP contribution < -0.4 is 0 Å². The minimum absolute atomic E-state index is 0.551. The van der Waals surface area contributed by atoms with Crippen LogP contribution in [0, 0.1) is 5.92 Å². The van der Waals surface area contributed by atoms with Gasteiger partial charge < -0.3 is 0 Å². The summed E-state index contributed by atoms with van der Waals surface area (Å²) in [5, 5.41) is 0. The number of hydrogen-bond donors (Lipinski definition) is 0. The van der Waals surface area contributed by atoms with E-state index in [1.807, 2.05) is 0 Å². The smallest absolute Gasteiger partial charge is 0.109 e. The fourth-order valence-corrected chi connectivity index (χ4v) is 2.30. The second-order valence-corrected chi connectivity index (χ2v) is 4.14. The van der Waals surface area contributed by atoms with Crippen LogP contribution in [0.5, 0.6) is 0 Å². The average Bonchev–Trinajstić information content (AvgIpc) is 2.28. The third kappa shape index (κ3) is 2.39. The van der Waals surface area contributed by atoms with Crippen LogP contribution >= 0.6 is 0 Å². The van der Waals surface area contributed by atoms with Gasteiger partial charge in [-0.2, -0.15) is 0 Å². The normalized spacial score (nSPS) is 34.5. The Morgan fingerprint density at radius 2 is 1.69 bits per heavy atom. The Hall–Kier alpha value is -0.660. The van der Waals surface area contributed by atoms with Gasteiger partial charge in [-0.1, -0.05) is 32.1 Å². The van der Waals surface area contributed by atoms with E-state index in [0.29, 0.717) is 12.0 Å². The zero-order chi connectivity index (χ0) is 8.93. The highest BCUT2D eigenvalue weighted by Gasteiger charge is 2.20. The topological polar surface area (TPSA) is 24.7 Å². The standard InChI is InChI=1S/C11H18N2/c1-2-4-6-10-8-12-9-13-11(10)7-5-3-1/h8-11H,1-7H2. The van der Waals surface area contributed by atoms with Crippen molar-refractivity contribution < 1.29 is 0 Å². The molecule has 0 amide bonds. The number of aliphatic imine (C=N–C) groups is 2. The number of hydrogen-bond acceptors (Lipinski definition) is 2. The maximum absolute atomic E-state index is 4.47. The molecule has 2 aliphatic rings. The van der Waals surface area contributed by atoms with Gasteiger partial charge in [-0.25, -0.2) is 4.99 Å². The Kier molecular flexibility index (Phi) is 3.11. The number of rotatable bonds is 0. The van der Waals surface area contributed by atoms with Crippen molar-refractivity contribution in [1.82, 2.24) is 0 Å². The van der Waals surface area contributed by atoms with E-state index in [4.69, 9.17) is 0 Å². The van der Waals surface area contributed by atoms with Crippen molar-refractivity contribution in [2.24, 2.45) is 15.9 Å². The zero-order valence-electron chi connectivity index (χ0n) is 8.15. The molecule has 0 saturated heterocycles. The van der Waals surface area contributed by atoms with Gasteiger partial charge in [-0.05, 0) is 12.8 Å². The monoisotopic (exact) mass is 178 g/mol. The molecule has 1 aliphatic carbocycles. The quantitative estimate of drug-likeness (QED) is 0.545. The van der Waals surface area contributed by atoms with Crippen LogP contribution in [0.1, 0.15) is 44.9 Å². The Morgan fingerprint density at radius 3 is 2.62 bits per heavy atom. The summed E-state index contributed by atoms with van der Waals surface area (Å²) in [6, 6.07) is 0.551. The van der Waals surface area contributed by atoms with Gasteiger partial charge in [-0.3, -0.25) is 4.99 Å². The van der Waals surface area contributed by atoms with Crippen molar-refractivity contribution in [3.8, 4) is 0 Å². The molecule has 1 saturated carbocycles. The van der Waals surface area contributed by atoms with Crippen molar-refractivity contribution in [3.63, 3.8) is 0 Å². The van der Waals surface area contributed by atoms with E-state index in [1.54, 1.807) is 6.34 Å². The van der Waals surface area contributed by atoms with Crippen LogP contribution in [0.4, 0.5) is 0 Å². The molecule has 2 atom stereocenters. The maximum Gasteiger partial charge on any atom is 0.109 e. The number of nitrogens with zero attached hydrogens (tertiary/aromatic N) is 2. The van der Waals surface area contributed by atoms with Crippen LogP contribution in [0.2, 0.25) is 0 Å². The highest BCUT2D eigenvalue weighted by atomic mass is 14.9. The van der Waals surface area contributed by atoms with Gasteiger partial charge in [0.05, 0.1) is 6.04 Å². The van der Waals surface area contributed by atoms with E-state index >= 15 is 0 Å². The van der Waals surface area contributed by atoms with E-state index in [9.17, 15) is 0 Å². The van der Waals surface area contributed by atoms with Gasteiger partial charge >= 0.3 is 0 Å². The molecule has 0 aromatic heterocycles. The van der Waals surface area contributed by atoms with E-state index in [0.717, 1.165) is 0 Å². The van der Waals surface area contributed by atoms with Gasteiger partial charge in [0.15, 0.2) is 0 Å². The first-order valence-corrected chi connectivity index (χ1v) is 5.52. The Labute approximate surface area is 80.2 Å². The second kappa shape index (κ2) is 4.54. The van der Waals surface area contributed by atoms with Crippen LogP contribution in [0.15, 0.2) is 9.98 Å². The Balaban J connectivity index is 1.97. The lowest BCUT2D eigenvalue weighted by atomic mass is 9.92. The molecular weight excluding hydrogens is 160 g/mol. The van der Waals surface area contributed by atoms with Crippen LogP contribution in [-0.2, 0) is 0 Å². The van der Waals surface area contributed by atoms with Crippen molar-refractivity contribution in [2.75, 3.05) is 0 Å². The molecule has 0 spiro atoms. The molecule has 1 fully saturated rings. The fourth-order valence-electron chi connectivity index (χ4n) is 2.30. The third-order valence-corrected chi connectivity index (χ3v) is 3.13. The predicted octanol–water partition coefficient (Wildman–Crippen LogP) is 2.83. The zero-order valence-corrected chi connectivity index (χ0v) is 8.15. The van der Waals surface area contributed by atoms with Crippen LogP contribution in [-0.4, -0.2) is 18.6 Å². The summed E-state index contributed by atoms with van der Waals surface area (Å²) in [7, 11) is 0. The highest BCUT2D eigenvalue weighted by molar-refractivity contribution is 5.76. The Morgan fingerprint density at radius 1 is 0.923 bits per heavy atom. The van der Waals surface area contributed by atoms with Crippen molar-refractivity contribution in [2.45, 2.75) is 51.0 Å². The SMILES string of the molecule is C1=NC=NC2CCCCCCCC12. The summed E-state index contributed by atoms with van der Waals surface area (Å²) in [5.41, 5.74) is 0. The molecule has 0 aromatic rings. The van der Waals surface area contributed by atoms with E-state index in [1.165, 1.54) is 44.9 Å². The molecule has 0 radical (unpaired) electrons. The van der Waals surface area contributed by atoms with Gasteiger partial charge in [0.1, 0.15) is 6.34 Å². The maximum atomic E-state index is 4.47. The van der Waals surface area contributed by atoms with Gasteiger partial charge in [0, 0.05) is 12.1 Å². The first-order chi connectivity index (χ1) is 6.47. The lowest BCUT2D eigenvalue weighted by molar-refractivity contribution is 0.467. The molecule has 0 bridgehead atoms. The first kappa shape index (κ1) is 8.92. The van der Waals surface area contributed by atoms with Crippen LogP contribution in [0.25, 0.3) is 0 Å². The molecule has 2 unspecified atom stereocenters. The molecule has 2 rings (SSSR count). The molecule has 1 aliphatic heterocycles. The van der Waals surface area contributed by atoms with Gasteiger partial charge in [-0.15, -0.1) is 0 Å². The van der Waals surface area contributed by atoms with E-state index in [-0.39, 0.29) is 0 Å². The second-order valence-electron chi connectivity index (χ2n) is 4.14. The van der Waals surface area contributed by atoms with E-state index in [2.05, 4.69) is 16.2 Å². The van der Waals surface area contributed by atoms with E-state index < -0.39 is 0 Å². The lowest BCUT2D eigenvalue weighted by Crippen LogP contribution is -2.22. The first-order valence-electron chi connectivity index (χ1n) is 5.52. The molecule has 1 heterocycles. The number of fused-ring (bicyclic) bond motifs is 1. The highest BCUT2D eigenvalue weighted by Crippen LogP contribution is 2.24. The molecule has 13 heavy (non-hydrogen) atoms. The summed E-state index contributed by atoms with van der Waals surface area (Å²) < 4.78 is 0. The molecule has 2 nitrogen and oxygen atoms in total. The lowest BCUT2D eigenvalue weighted by Gasteiger charge is -2.21. The van der Waals surface area contributed by atoms with Gasteiger partial charge in [0.25, 0.3) is 0 Å². The van der Waals surface area contributed by atoms with Crippen molar-refractivity contribution in [1.29, 1.82) is 0 Å². The third-order valence-electron chi connectivity index (χ3n) is 3.13. The largest absolute Gasteiger partial charge is 0.270 e. The molecule has 0 aromatic carbocycles. The van der Waals surface area contributed by atoms with Crippen molar-refractivity contribution in [3.05, 3.63) is 0 Å². The molecular formula is C11H18N2. The fraction of sp³-hybridized carbons (Fsp3) is 0.818. The predicted molar refractivity (Wildman–Crippen MR) is 56.6 cm³/mol. The van der Waals surface area contributed by atoms with Gasteiger partial charge in [0.2, 0.25) is 0 Å². The molecule has 0 N–H and O–H groups in total.